The molecular weight excluding hydrogens is 428 g/mol. The van der Waals surface area contributed by atoms with Gasteiger partial charge in [-0.1, -0.05) is 35.5 Å². The van der Waals surface area contributed by atoms with Gasteiger partial charge in [0.2, 0.25) is 0 Å². The molecule has 0 aliphatic rings. The Morgan fingerprint density at radius 1 is 1.17 bits per heavy atom. The second kappa shape index (κ2) is 9.55. The van der Waals surface area contributed by atoms with Crippen LogP contribution in [0.3, 0.4) is 0 Å². The lowest BCUT2D eigenvalue weighted by Crippen LogP contribution is -2.23. The lowest BCUT2D eigenvalue weighted by Gasteiger charge is -2.11. The molecule has 156 valence electrons. The van der Waals surface area contributed by atoms with Crippen LogP contribution in [0.2, 0.25) is 5.02 Å². The minimum Gasteiger partial charge on any atom is -0.493 e. The Balaban J connectivity index is 1.74. The third kappa shape index (κ3) is 5.05. The van der Waals surface area contributed by atoms with Gasteiger partial charge >= 0.3 is 0 Å². The molecule has 1 amide bonds. The van der Waals surface area contributed by atoms with Gasteiger partial charge in [-0.3, -0.25) is 14.6 Å². The third-order valence-electron chi connectivity index (χ3n) is 4.10. The minimum atomic E-state index is -0.546. The van der Waals surface area contributed by atoms with E-state index in [1.165, 1.54) is 32.0 Å². The number of nitrogens with zero attached hydrogens (tertiary/aromatic N) is 1. The van der Waals surface area contributed by atoms with Crippen LogP contribution >= 0.6 is 23.4 Å². The van der Waals surface area contributed by atoms with E-state index in [2.05, 4.69) is 15.3 Å². The van der Waals surface area contributed by atoms with Crippen molar-refractivity contribution in [1.82, 2.24) is 9.97 Å². The summed E-state index contributed by atoms with van der Waals surface area (Å²) < 4.78 is 10.3. The number of carbonyl (C=O) groups is 1. The fourth-order valence-electron chi connectivity index (χ4n) is 2.55. The summed E-state index contributed by atoms with van der Waals surface area (Å²) in [5.74, 6) is 0.827. The Hall–Kier alpha value is -3.17. The van der Waals surface area contributed by atoms with E-state index in [1.54, 1.807) is 24.3 Å². The van der Waals surface area contributed by atoms with Gasteiger partial charge in [0.25, 0.3) is 11.5 Å². The van der Waals surface area contributed by atoms with Crippen molar-refractivity contribution in [2.75, 3.05) is 25.3 Å². The molecule has 0 aliphatic heterocycles. The average molecular weight is 447 g/mol. The number of halogens is 1. The van der Waals surface area contributed by atoms with Crippen LogP contribution in [0.5, 0.6) is 11.5 Å². The molecule has 8 nitrogen and oxygen atoms in total. The maximum Gasteiger partial charge on any atom is 0.277 e. The molecule has 0 bridgehead atoms. The zero-order valence-corrected chi connectivity index (χ0v) is 17.8. The van der Waals surface area contributed by atoms with Gasteiger partial charge < -0.3 is 20.5 Å². The summed E-state index contributed by atoms with van der Waals surface area (Å²) in [6.45, 7) is 0. The van der Waals surface area contributed by atoms with Crippen molar-refractivity contribution in [3.05, 3.63) is 69.0 Å². The van der Waals surface area contributed by atoms with Crippen LogP contribution in [-0.2, 0) is 5.75 Å². The first-order valence-corrected chi connectivity index (χ1v) is 10.1. The first kappa shape index (κ1) is 21.5. The molecule has 0 saturated carbocycles. The largest absolute Gasteiger partial charge is 0.493 e. The third-order valence-corrected chi connectivity index (χ3v) is 5.30. The van der Waals surface area contributed by atoms with Gasteiger partial charge in [-0.2, -0.15) is 0 Å². The molecule has 0 spiro atoms. The summed E-state index contributed by atoms with van der Waals surface area (Å²) in [5, 5.41) is 3.49. The van der Waals surface area contributed by atoms with Gasteiger partial charge in [-0.15, -0.1) is 0 Å². The minimum absolute atomic E-state index is 0.0776. The fraction of sp³-hybridized carbons (Fsp3) is 0.150. The normalized spacial score (nSPS) is 10.5. The summed E-state index contributed by atoms with van der Waals surface area (Å²) in [5.41, 5.74) is 6.53. The number of amides is 1. The number of ether oxygens (including phenoxy) is 2. The van der Waals surface area contributed by atoms with Crippen LogP contribution in [-0.4, -0.2) is 30.1 Å². The maximum absolute atomic E-state index is 12.5. The number of nitrogens with two attached hydrogens (primary N) is 1. The van der Waals surface area contributed by atoms with E-state index in [4.69, 9.17) is 26.8 Å². The number of rotatable bonds is 7. The number of hydrogen-bond acceptors (Lipinski definition) is 7. The molecule has 4 N–H and O–H groups in total. The van der Waals surface area contributed by atoms with Crippen LogP contribution in [0.25, 0.3) is 0 Å². The molecule has 0 atom stereocenters. The molecule has 0 radical (unpaired) electrons. The highest BCUT2D eigenvalue weighted by Gasteiger charge is 2.16. The molecular formula is C20H19ClN4O4S. The van der Waals surface area contributed by atoms with Crippen molar-refractivity contribution < 1.29 is 14.3 Å². The van der Waals surface area contributed by atoms with Crippen LogP contribution in [0, 0.1) is 0 Å². The van der Waals surface area contributed by atoms with Crippen molar-refractivity contribution >= 4 is 40.8 Å². The zero-order valence-electron chi connectivity index (χ0n) is 16.2. The van der Waals surface area contributed by atoms with E-state index in [0.717, 1.165) is 5.56 Å². The standard InChI is InChI=1S/C20H19ClN4O4S/c1-28-14-8-5-12(9-15(14)29-2)18(26)23-16-17(22)24-20(25-19(16)27)30-10-11-3-6-13(21)7-4-11/h3-9H,10H2,1-2H3,(H,23,26)(H3,22,24,25,27). The predicted octanol–water partition coefficient (Wildman–Crippen LogP) is 3.57. The van der Waals surface area contributed by atoms with Crippen molar-refractivity contribution in [3.63, 3.8) is 0 Å². The highest BCUT2D eigenvalue weighted by Crippen LogP contribution is 2.28. The van der Waals surface area contributed by atoms with E-state index in [9.17, 15) is 9.59 Å². The fourth-order valence-corrected chi connectivity index (χ4v) is 3.50. The maximum atomic E-state index is 12.5. The van der Waals surface area contributed by atoms with Crippen molar-refractivity contribution in [1.29, 1.82) is 0 Å². The molecule has 0 unspecified atom stereocenters. The van der Waals surface area contributed by atoms with Gasteiger partial charge in [0.05, 0.1) is 14.2 Å². The Bertz CT molecular complexity index is 1120. The number of hydrogen-bond donors (Lipinski definition) is 3. The first-order valence-electron chi connectivity index (χ1n) is 8.71. The number of nitrogens with one attached hydrogen (secondary N) is 2. The lowest BCUT2D eigenvalue weighted by atomic mass is 10.2. The van der Waals surface area contributed by atoms with Gasteiger partial charge in [0.15, 0.2) is 22.5 Å². The van der Waals surface area contributed by atoms with Gasteiger partial charge in [0, 0.05) is 16.3 Å². The van der Waals surface area contributed by atoms with Crippen molar-refractivity contribution in [2.45, 2.75) is 10.9 Å². The summed E-state index contributed by atoms with van der Waals surface area (Å²) in [6, 6.07) is 12.0. The summed E-state index contributed by atoms with van der Waals surface area (Å²) >= 11 is 7.18. The molecule has 1 aromatic heterocycles. The molecule has 10 heteroatoms. The second-order valence-electron chi connectivity index (χ2n) is 6.07. The molecule has 3 rings (SSSR count). The van der Waals surface area contributed by atoms with E-state index in [0.29, 0.717) is 27.4 Å². The van der Waals surface area contributed by atoms with Gasteiger partial charge in [-0.25, -0.2) is 4.98 Å². The Morgan fingerprint density at radius 2 is 1.87 bits per heavy atom. The lowest BCUT2D eigenvalue weighted by molar-refractivity contribution is 0.102. The number of methoxy groups -OCH3 is 2. The van der Waals surface area contributed by atoms with E-state index >= 15 is 0 Å². The Morgan fingerprint density at radius 3 is 2.50 bits per heavy atom. The number of H-pyrrole nitrogens is 1. The number of anilines is 2. The van der Waals surface area contributed by atoms with E-state index in [1.807, 2.05) is 12.1 Å². The Labute approximate surface area is 181 Å². The monoisotopic (exact) mass is 446 g/mol. The quantitative estimate of drug-likeness (QED) is 0.375. The van der Waals surface area contributed by atoms with E-state index in [-0.39, 0.29) is 17.1 Å². The van der Waals surface area contributed by atoms with Crippen LogP contribution in [0.1, 0.15) is 15.9 Å². The molecule has 30 heavy (non-hydrogen) atoms. The topological polar surface area (TPSA) is 119 Å². The average Bonchev–Trinajstić information content (AvgIpc) is 2.75. The Kier molecular flexibility index (Phi) is 6.86. The highest BCUT2D eigenvalue weighted by atomic mass is 35.5. The van der Waals surface area contributed by atoms with Gasteiger partial charge in [0.1, 0.15) is 5.69 Å². The molecule has 0 fully saturated rings. The molecule has 1 heterocycles. The van der Waals surface area contributed by atoms with Gasteiger partial charge in [-0.05, 0) is 35.9 Å². The van der Waals surface area contributed by atoms with Crippen molar-refractivity contribution in [2.24, 2.45) is 0 Å². The number of benzene rings is 2. The van der Waals surface area contributed by atoms with Crippen LogP contribution in [0.4, 0.5) is 11.5 Å². The summed E-state index contributed by atoms with van der Waals surface area (Å²) in [7, 11) is 2.96. The van der Waals surface area contributed by atoms with Crippen molar-refractivity contribution in [3.8, 4) is 11.5 Å². The highest BCUT2D eigenvalue weighted by molar-refractivity contribution is 7.98. The molecule has 0 aliphatic carbocycles. The van der Waals surface area contributed by atoms with Crippen LogP contribution in [0.15, 0.2) is 52.4 Å². The summed E-state index contributed by atoms with van der Waals surface area (Å²) in [6.07, 6.45) is 0. The molecule has 3 aromatic rings. The number of thioether (sulfide) groups is 1. The van der Waals surface area contributed by atoms with Crippen LogP contribution < -0.4 is 26.1 Å². The van der Waals surface area contributed by atoms with E-state index < -0.39 is 11.5 Å². The molecule has 2 aromatic carbocycles. The molecule has 0 saturated heterocycles. The SMILES string of the molecule is COc1ccc(C(=O)Nc2c(N)nc(SCc3ccc(Cl)cc3)[nH]c2=O)cc1OC. The second-order valence-corrected chi connectivity index (χ2v) is 7.47. The zero-order chi connectivity index (χ0) is 21.7. The smallest absolute Gasteiger partial charge is 0.277 e. The number of aromatic amines is 1. The first-order chi connectivity index (χ1) is 14.4. The number of nitrogen functional groups attached to an aromatic ring is 1. The number of aromatic nitrogens is 2. The predicted molar refractivity (Wildman–Crippen MR) is 118 cm³/mol. The number of carbonyl (C=O) groups excluding carboxylic acids is 1. The summed E-state index contributed by atoms with van der Waals surface area (Å²) in [4.78, 5) is 31.8.